The van der Waals surface area contributed by atoms with Crippen molar-refractivity contribution in [1.82, 2.24) is 20.6 Å². The van der Waals surface area contributed by atoms with Crippen molar-refractivity contribution in [3.05, 3.63) is 125 Å². The van der Waals surface area contributed by atoms with Crippen LogP contribution >= 0.6 is 0 Å². The summed E-state index contributed by atoms with van der Waals surface area (Å²) in [7, 11) is 0. The monoisotopic (exact) mass is 570 g/mol. The smallest absolute Gasteiger partial charge is 0.270 e. The number of amides is 2. The van der Waals surface area contributed by atoms with Crippen LogP contribution in [0.5, 0.6) is 0 Å². The Morgan fingerprint density at radius 3 is 2.12 bits per heavy atom. The average Bonchev–Trinajstić information content (AvgIpc) is 3.58. The maximum Gasteiger partial charge on any atom is 0.270 e. The molecule has 216 valence electrons. The van der Waals surface area contributed by atoms with E-state index >= 15 is 0 Å². The van der Waals surface area contributed by atoms with Crippen molar-refractivity contribution < 1.29 is 9.59 Å². The van der Waals surface area contributed by atoms with Crippen LogP contribution in [0.2, 0.25) is 0 Å². The molecule has 0 aliphatic heterocycles. The molecular weight excluding hydrogens is 536 g/mol. The third-order valence-electron chi connectivity index (χ3n) is 8.13. The molecule has 1 heterocycles. The second kappa shape index (κ2) is 13.2. The van der Waals surface area contributed by atoms with Crippen LogP contribution in [-0.4, -0.2) is 32.4 Å². The number of rotatable bonds is 9. The SMILES string of the molecule is O=C(Nc1nn[nH]n1)c1ccc(CN(C(=O)Cc2ccc(-c3ccccc3)cc2)c2ccc(C3CCCCC3)cc2)cc1. The Bertz CT molecular complexity index is 1630. The van der Waals surface area contributed by atoms with Crippen LogP contribution in [0.15, 0.2) is 103 Å². The lowest BCUT2D eigenvalue weighted by Crippen LogP contribution is -2.31. The van der Waals surface area contributed by atoms with E-state index in [1.165, 1.54) is 37.7 Å². The van der Waals surface area contributed by atoms with Gasteiger partial charge in [0, 0.05) is 11.3 Å². The quantitative estimate of drug-likeness (QED) is 0.200. The van der Waals surface area contributed by atoms with Crippen LogP contribution in [0, 0.1) is 0 Å². The highest BCUT2D eigenvalue weighted by Crippen LogP contribution is 2.33. The predicted octanol–water partition coefficient (Wildman–Crippen LogP) is 6.94. The molecule has 1 aliphatic rings. The Morgan fingerprint density at radius 1 is 0.767 bits per heavy atom. The number of hydrogen-bond donors (Lipinski definition) is 2. The summed E-state index contributed by atoms with van der Waals surface area (Å²) in [5.41, 5.74) is 6.82. The van der Waals surface area contributed by atoms with Gasteiger partial charge in [-0.3, -0.25) is 14.9 Å². The number of hydrogen-bond acceptors (Lipinski definition) is 5. The summed E-state index contributed by atoms with van der Waals surface area (Å²) >= 11 is 0. The van der Waals surface area contributed by atoms with E-state index in [-0.39, 0.29) is 24.2 Å². The number of carbonyl (C=O) groups is 2. The fourth-order valence-electron chi connectivity index (χ4n) is 5.73. The minimum atomic E-state index is -0.335. The van der Waals surface area contributed by atoms with E-state index in [2.05, 4.69) is 74.5 Å². The van der Waals surface area contributed by atoms with Crippen LogP contribution < -0.4 is 10.2 Å². The largest absolute Gasteiger partial charge is 0.308 e. The van der Waals surface area contributed by atoms with E-state index in [4.69, 9.17) is 0 Å². The Balaban J connectivity index is 1.20. The predicted molar refractivity (Wildman–Crippen MR) is 168 cm³/mol. The molecule has 1 aliphatic carbocycles. The van der Waals surface area contributed by atoms with E-state index in [0.717, 1.165) is 27.9 Å². The Labute approximate surface area is 251 Å². The van der Waals surface area contributed by atoms with E-state index in [0.29, 0.717) is 18.0 Å². The lowest BCUT2D eigenvalue weighted by Gasteiger charge is -2.26. The molecule has 5 aromatic rings. The molecule has 2 amide bonds. The fraction of sp³-hybridized carbons (Fsp3) is 0.229. The van der Waals surface area contributed by atoms with Gasteiger partial charge in [0.25, 0.3) is 11.9 Å². The van der Waals surface area contributed by atoms with Crippen LogP contribution in [0.25, 0.3) is 11.1 Å². The molecule has 0 spiro atoms. The van der Waals surface area contributed by atoms with Crippen LogP contribution in [0.3, 0.4) is 0 Å². The minimum Gasteiger partial charge on any atom is -0.308 e. The first-order valence-corrected chi connectivity index (χ1v) is 14.8. The van der Waals surface area contributed by atoms with Gasteiger partial charge in [0.1, 0.15) is 0 Å². The van der Waals surface area contributed by atoms with Gasteiger partial charge in [-0.15, -0.1) is 5.10 Å². The first-order chi connectivity index (χ1) is 21.1. The number of aromatic amines is 1. The maximum atomic E-state index is 13.9. The lowest BCUT2D eigenvalue weighted by molar-refractivity contribution is -0.118. The van der Waals surface area contributed by atoms with E-state index in [9.17, 15) is 9.59 Å². The summed E-state index contributed by atoms with van der Waals surface area (Å²) in [5.74, 6) is 0.385. The highest BCUT2D eigenvalue weighted by molar-refractivity contribution is 6.03. The highest BCUT2D eigenvalue weighted by Gasteiger charge is 2.20. The standard InChI is InChI=1S/C35H34N6O2/c42-33(23-25-11-15-29(16-12-25)27-7-3-1-4-8-27)41(32-21-19-30(20-22-32)28-9-5-2-6-10-28)24-26-13-17-31(18-14-26)34(43)36-35-37-39-40-38-35/h1,3-4,7-8,11-22,28H,2,5-6,9-10,23-24H2,(H2,36,37,38,39,40,43). The van der Waals surface area contributed by atoms with Gasteiger partial charge in [-0.05, 0) is 76.1 Å². The third-order valence-corrected chi connectivity index (χ3v) is 8.13. The zero-order valence-corrected chi connectivity index (χ0v) is 23.9. The molecule has 0 saturated heterocycles. The number of anilines is 2. The van der Waals surface area contributed by atoms with Gasteiger partial charge in [0.2, 0.25) is 5.91 Å². The molecule has 0 unspecified atom stereocenters. The summed E-state index contributed by atoms with van der Waals surface area (Å²) in [6, 6.07) is 34.2. The fourth-order valence-corrected chi connectivity index (χ4v) is 5.73. The number of nitrogens with zero attached hydrogens (tertiary/aromatic N) is 4. The first kappa shape index (κ1) is 28.0. The molecular formula is C35H34N6O2. The highest BCUT2D eigenvalue weighted by atomic mass is 16.2. The van der Waals surface area contributed by atoms with Crippen LogP contribution in [-0.2, 0) is 17.8 Å². The van der Waals surface area contributed by atoms with Gasteiger partial charge in [-0.2, -0.15) is 5.21 Å². The molecule has 8 heteroatoms. The van der Waals surface area contributed by atoms with Gasteiger partial charge in [0.05, 0.1) is 13.0 Å². The molecule has 1 fully saturated rings. The second-order valence-corrected chi connectivity index (χ2v) is 11.0. The number of tetrazole rings is 1. The van der Waals surface area contributed by atoms with Crippen molar-refractivity contribution in [2.24, 2.45) is 0 Å². The Morgan fingerprint density at radius 2 is 1.44 bits per heavy atom. The van der Waals surface area contributed by atoms with Crippen LogP contribution in [0.4, 0.5) is 11.6 Å². The van der Waals surface area contributed by atoms with Crippen molar-refractivity contribution >= 4 is 23.5 Å². The van der Waals surface area contributed by atoms with E-state index in [1.54, 1.807) is 12.1 Å². The van der Waals surface area contributed by atoms with E-state index in [1.807, 2.05) is 47.4 Å². The average molecular weight is 571 g/mol. The lowest BCUT2D eigenvalue weighted by atomic mass is 9.84. The molecule has 0 atom stereocenters. The van der Waals surface area contributed by atoms with Gasteiger partial charge in [-0.1, -0.05) is 103 Å². The summed E-state index contributed by atoms with van der Waals surface area (Å²) in [5, 5.41) is 15.9. The molecule has 2 N–H and O–H groups in total. The van der Waals surface area contributed by atoms with Gasteiger partial charge in [0.15, 0.2) is 0 Å². The van der Waals surface area contributed by atoms with Crippen molar-refractivity contribution in [2.75, 3.05) is 10.2 Å². The molecule has 4 aromatic carbocycles. The molecule has 0 bridgehead atoms. The van der Waals surface area contributed by atoms with Crippen molar-refractivity contribution in [1.29, 1.82) is 0 Å². The molecule has 1 aromatic heterocycles. The maximum absolute atomic E-state index is 13.9. The van der Waals surface area contributed by atoms with Crippen molar-refractivity contribution in [3.8, 4) is 11.1 Å². The Kier molecular flexibility index (Phi) is 8.64. The number of benzene rings is 4. The van der Waals surface area contributed by atoms with Crippen LogP contribution in [0.1, 0.15) is 65.1 Å². The van der Waals surface area contributed by atoms with Gasteiger partial charge in [-0.25, -0.2) is 0 Å². The summed E-state index contributed by atoms with van der Waals surface area (Å²) < 4.78 is 0. The number of nitrogens with one attached hydrogen (secondary N) is 2. The molecule has 8 nitrogen and oxygen atoms in total. The molecule has 6 rings (SSSR count). The molecule has 0 radical (unpaired) electrons. The van der Waals surface area contributed by atoms with Crippen molar-refractivity contribution in [3.63, 3.8) is 0 Å². The zero-order valence-electron chi connectivity index (χ0n) is 23.9. The molecule has 43 heavy (non-hydrogen) atoms. The first-order valence-electron chi connectivity index (χ1n) is 14.8. The number of aromatic nitrogens is 4. The zero-order chi connectivity index (χ0) is 29.4. The van der Waals surface area contributed by atoms with Gasteiger partial charge < -0.3 is 4.90 Å². The normalized spacial score (nSPS) is 13.4. The third kappa shape index (κ3) is 7.04. The van der Waals surface area contributed by atoms with Crippen molar-refractivity contribution in [2.45, 2.75) is 51.0 Å². The van der Waals surface area contributed by atoms with Gasteiger partial charge >= 0.3 is 0 Å². The molecule has 1 saturated carbocycles. The summed E-state index contributed by atoms with van der Waals surface area (Å²) in [6.45, 7) is 0.385. The minimum absolute atomic E-state index is 0.0109. The number of H-pyrrole nitrogens is 1. The second-order valence-electron chi connectivity index (χ2n) is 11.0. The topological polar surface area (TPSA) is 104 Å². The Hall–Kier alpha value is -5.11. The number of carbonyl (C=O) groups excluding carboxylic acids is 2. The van der Waals surface area contributed by atoms with E-state index < -0.39 is 0 Å². The summed E-state index contributed by atoms with van der Waals surface area (Å²) in [6.07, 6.45) is 6.62. The summed E-state index contributed by atoms with van der Waals surface area (Å²) in [4.78, 5) is 28.2.